The highest BCUT2D eigenvalue weighted by molar-refractivity contribution is 7.19. The molecule has 0 spiro atoms. The van der Waals surface area contributed by atoms with Crippen LogP contribution in [0.15, 0.2) is 18.3 Å². The van der Waals surface area contributed by atoms with Gasteiger partial charge in [-0.25, -0.2) is 4.98 Å². The van der Waals surface area contributed by atoms with Gasteiger partial charge in [-0.15, -0.1) is 11.3 Å². The fraction of sp³-hybridized carbons (Fsp3) is 0. The van der Waals surface area contributed by atoms with Gasteiger partial charge in [-0.3, -0.25) is 0 Å². The molecule has 0 aliphatic heterocycles. The number of aromatic hydroxyl groups is 1. The first kappa shape index (κ1) is 7.07. The van der Waals surface area contributed by atoms with Crippen LogP contribution in [0.1, 0.15) is 4.88 Å². The average Bonchev–Trinajstić information content (AvgIpc) is 2.44. The second kappa shape index (κ2) is 2.47. The van der Waals surface area contributed by atoms with Crippen LogP contribution in [0.4, 0.5) is 0 Å². The Hall–Kier alpha value is -1.60. The maximum Gasteiger partial charge on any atom is 0.153 e. The number of hydrogen-bond acceptors (Lipinski definition) is 4. The third kappa shape index (κ3) is 0.840. The minimum atomic E-state index is 0.0469. The van der Waals surface area contributed by atoms with Gasteiger partial charge in [0, 0.05) is 6.20 Å². The third-order valence-corrected chi connectivity index (χ3v) is 2.55. The van der Waals surface area contributed by atoms with Crippen molar-refractivity contribution in [1.29, 1.82) is 5.26 Å². The van der Waals surface area contributed by atoms with Crippen molar-refractivity contribution in [3.63, 3.8) is 0 Å². The third-order valence-electron chi connectivity index (χ3n) is 1.54. The van der Waals surface area contributed by atoms with Gasteiger partial charge in [-0.2, -0.15) is 5.26 Å². The Balaban J connectivity index is 2.90. The summed E-state index contributed by atoms with van der Waals surface area (Å²) in [6.07, 6.45) is 1.64. The van der Waals surface area contributed by atoms with E-state index < -0.39 is 0 Å². The first-order chi connectivity index (χ1) is 5.83. The number of pyridine rings is 1. The number of rotatable bonds is 0. The Morgan fingerprint density at radius 1 is 1.58 bits per heavy atom. The van der Waals surface area contributed by atoms with Crippen LogP contribution < -0.4 is 0 Å². The van der Waals surface area contributed by atoms with E-state index in [2.05, 4.69) is 4.98 Å². The lowest BCUT2D eigenvalue weighted by Crippen LogP contribution is -1.67. The molecule has 3 nitrogen and oxygen atoms in total. The van der Waals surface area contributed by atoms with Crippen LogP contribution in [-0.2, 0) is 0 Å². The van der Waals surface area contributed by atoms with Crippen LogP contribution >= 0.6 is 11.3 Å². The van der Waals surface area contributed by atoms with Crippen molar-refractivity contribution < 1.29 is 5.11 Å². The molecule has 58 valence electrons. The number of aromatic nitrogens is 1. The first-order valence-electron chi connectivity index (χ1n) is 3.29. The minimum Gasteiger partial charge on any atom is -0.505 e. The molecule has 0 bridgehead atoms. The highest BCUT2D eigenvalue weighted by Gasteiger charge is 2.09. The second-order valence-corrected chi connectivity index (χ2v) is 3.25. The first-order valence-corrected chi connectivity index (χ1v) is 4.11. The summed E-state index contributed by atoms with van der Waals surface area (Å²) in [6, 6.07) is 5.39. The summed E-state index contributed by atoms with van der Waals surface area (Å²) >= 11 is 1.20. The van der Waals surface area contributed by atoms with Crippen molar-refractivity contribution in [2.45, 2.75) is 0 Å². The van der Waals surface area contributed by atoms with Crippen LogP contribution in [0.3, 0.4) is 0 Å². The van der Waals surface area contributed by atoms with E-state index in [-0.39, 0.29) is 5.75 Å². The number of fused-ring (bicyclic) bond motifs is 1. The van der Waals surface area contributed by atoms with E-state index in [0.717, 1.165) is 0 Å². The zero-order valence-electron chi connectivity index (χ0n) is 5.98. The van der Waals surface area contributed by atoms with Crippen molar-refractivity contribution in [2.24, 2.45) is 0 Å². The smallest absolute Gasteiger partial charge is 0.153 e. The van der Waals surface area contributed by atoms with Gasteiger partial charge in [-0.1, -0.05) is 0 Å². The molecule has 1 N–H and O–H groups in total. The van der Waals surface area contributed by atoms with Gasteiger partial charge in [0.15, 0.2) is 5.75 Å². The molecule has 2 rings (SSSR count). The summed E-state index contributed by atoms with van der Waals surface area (Å²) in [4.78, 5) is 5.04. The van der Waals surface area contributed by atoms with E-state index >= 15 is 0 Å². The van der Waals surface area contributed by atoms with E-state index in [0.29, 0.717) is 15.1 Å². The molecular weight excluding hydrogens is 172 g/mol. The van der Waals surface area contributed by atoms with Gasteiger partial charge in [0.2, 0.25) is 0 Å². The lowest BCUT2D eigenvalue weighted by atomic mass is 10.3. The van der Waals surface area contributed by atoms with E-state index in [4.69, 9.17) is 5.26 Å². The van der Waals surface area contributed by atoms with Gasteiger partial charge >= 0.3 is 0 Å². The Labute approximate surface area is 72.5 Å². The van der Waals surface area contributed by atoms with Gasteiger partial charge in [0.05, 0.1) is 5.39 Å². The van der Waals surface area contributed by atoms with Crippen molar-refractivity contribution in [3.05, 3.63) is 23.2 Å². The van der Waals surface area contributed by atoms with Crippen molar-refractivity contribution in [1.82, 2.24) is 4.98 Å². The number of nitriles is 1. The van der Waals surface area contributed by atoms with E-state index in [9.17, 15) is 5.11 Å². The molecule has 0 fully saturated rings. The van der Waals surface area contributed by atoms with Gasteiger partial charge < -0.3 is 5.11 Å². The Kier molecular flexibility index (Phi) is 1.45. The standard InChI is InChI=1S/C8H4N2OS/c9-4-6-7(11)5-2-1-3-10-8(5)12-6/h1-3,11H. The van der Waals surface area contributed by atoms with Crippen molar-refractivity contribution >= 4 is 21.6 Å². The fourth-order valence-corrected chi connectivity index (χ4v) is 1.83. The quantitative estimate of drug-likeness (QED) is 0.666. The summed E-state index contributed by atoms with van der Waals surface area (Å²) in [6.45, 7) is 0. The van der Waals surface area contributed by atoms with Crippen molar-refractivity contribution in [2.75, 3.05) is 0 Å². The van der Waals surface area contributed by atoms with Gasteiger partial charge in [0.1, 0.15) is 15.8 Å². The SMILES string of the molecule is N#Cc1sc2ncccc2c1O. The molecule has 0 unspecified atom stereocenters. The number of thiophene rings is 1. The summed E-state index contributed by atoms with van der Waals surface area (Å²) in [5.74, 6) is 0.0469. The summed E-state index contributed by atoms with van der Waals surface area (Å²) in [5, 5.41) is 18.7. The number of hydrogen-bond donors (Lipinski definition) is 1. The molecule has 0 radical (unpaired) electrons. The van der Waals surface area contributed by atoms with Crippen LogP contribution in [0.25, 0.3) is 10.2 Å². The van der Waals surface area contributed by atoms with Crippen LogP contribution in [0, 0.1) is 11.3 Å². The van der Waals surface area contributed by atoms with Crippen molar-refractivity contribution in [3.8, 4) is 11.8 Å². The normalized spacial score (nSPS) is 9.92. The molecule has 0 aliphatic rings. The monoisotopic (exact) mass is 176 g/mol. The molecule has 0 aromatic carbocycles. The van der Waals surface area contributed by atoms with E-state index in [1.54, 1.807) is 18.3 Å². The average molecular weight is 176 g/mol. The van der Waals surface area contributed by atoms with E-state index in [1.165, 1.54) is 11.3 Å². The molecule has 4 heteroatoms. The van der Waals surface area contributed by atoms with Gasteiger partial charge in [-0.05, 0) is 12.1 Å². The molecule has 0 saturated carbocycles. The Morgan fingerprint density at radius 3 is 3.08 bits per heavy atom. The summed E-state index contributed by atoms with van der Waals surface area (Å²) in [7, 11) is 0. The Bertz CT molecular complexity index is 469. The van der Waals surface area contributed by atoms with E-state index in [1.807, 2.05) is 6.07 Å². The molecule has 2 aromatic rings. The molecule has 0 amide bonds. The van der Waals surface area contributed by atoms with Gasteiger partial charge in [0.25, 0.3) is 0 Å². The largest absolute Gasteiger partial charge is 0.505 e. The van der Waals surface area contributed by atoms with Crippen LogP contribution in [0.5, 0.6) is 5.75 Å². The topological polar surface area (TPSA) is 56.9 Å². The Morgan fingerprint density at radius 2 is 2.42 bits per heavy atom. The molecule has 2 aromatic heterocycles. The maximum atomic E-state index is 9.44. The maximum absolute atomic E-state index is 9.44. The highest BCUT2D eigenvalue weighted by Crippen LogP contribution is 2.34. The van der Waals surface area contributed by atoms with Crippen LogP contribution in [0.2, 0.25) is 0 Å². The molecule has 0 saturated heterocycles. The second-order valence-electron chi connectivity index (χ2n) is 2.25. The fourth-order valence-electron chi connectivity index (χ4n) is 0.995. The summed E-state index contributed by atoms with van der Waals surface area (Å²) in [5.41, 5.74) is 0. The number of nitrogens with zero attached hydrogens (tertiary/aromatic N) is 2. The molecule has 0 aliphatic carbocycles. The molecule has 2 heterocycles. The zero-order chi connectivity index (χ0) is 8.55. The molecule has 12 heavy (non-hydrogen) atoms. The predicted octanol–water partition coefficient (Wildman–Crippen LogP) is 1.87. The molecule has 0 atom stereocenters. The molecular formula is C8H4N2OS. The van der Waals surface area contributed by atoms with Crippen LogP contribution in [-0.4, -0.2) is 10.1 Å². The predicted molar refractivity (Wildman–Crippen MR) is 46.0 cm³/mol. The summed E-state index contributed by atoms with van der Waals surface area (Å²) < 4.78 is 0. The highest BCUT2D eigenvalue weighted by atomic mass is 32.1. The lowest BCUT2D eigenvalue weighted by molar-refractivity contribution is 0.482. The lowest BCUT2D eigenvalue weighted by Gasteiger charge is -1.86. The zero-order valence-corrected chi connectivity index (χ0v) is 6.80. The minimum absolute atomic E-state index is 0.0469.